The molecule has 0 spiro atoms. The topological polar surface area (TPSA) is 64.7 Å². The molecule has 0 aromatic carbocycles. The molecular weight excluding hydrogens is 244 g/mol. The molecule has 0 aromatic rings. The van der Waals surface area contributed by atoms with E-state index in [0.717, 1.165) is 19.4 Å². The van der Waals surface area contributed by atoms with Crippen LogP contribution in [0.15, 0.2) is 0 Å². The lowest BCUT2D eigenvalue weighted by atomic mass is 10.0. The van der Waals surface area contributed by atoms with Gasteiger partial charge in [0.2, 0.25) is 5.91 Å². The molecule has 1 aliphatic heterocycles. The zero-order valence-electron chi connectivity index (χ0n) is 12.4. The first-order valence-corrected chi connectivity index (χ1v) is 6.91. The highest BCUT2D eigenvalue weighted by molar-refractivity contribution is 5.82. The molecule has 1 unspecified atom stereocenters. The van der Waals surface area contributed by atoms with Crippen LogP contribution >= 0.6 is 0 Å². The first-order chi connectivity index (χ1) is 8.91. The van der Waals surface area contributed by atoms with Gasteiger partial charge in [0.1, 0.15) is 0 Å². The number of hydrogen-bond acceptors (Lipinski definition) is 3. The minimum atomic E-state index is -0.124. The summed E-state index contributed by atoms with van der Waals surface area (Å²) in [6.07, 6.45) is 1.91. The molecule has 110 valence electrons. The van der Waals surface area contributed by atoms with E-state index < -0.39 is 0 Å². The Morgan fingerprint density at radius 3 is 2.74 bits per heavy atom. The van der Waals surface area contributed by atoms with Crippen LogP contribution in [0.1, 0.15) is 26.7 Å². The Labute approximate surface area is 115 Å². The standard InChI is InChI=1S/C13H26N4O2/c1-10(2)15-11-6-5-8-17(12(11)18)9-7-14-13(19)16(3)4/h10-11,15H,5-9H2,1-4H3,(H,14,19). The molecule has 6 nitrogen and oxygen atoms in total. The smallest absolute Gasteiger partial charge is 0.316 e. The van der Waals surface area contributed by atoms with Gasteiger partial charge in [-0.3, -0.25) is 4.79 Å². The van der Waals surface area contributed by atoms with Crippen LogP contribution < -0.4 is 10.6 Å². The highest BCUT2D eigenvalue weighted by atomic mass is 16.2. The zero-order chi connectivity index (χ0) is 14.4. The monoisotopic (exact) mass is 270 g/mol. The Balaban J connectivity index is 2.37. The van der Waals surface area contributed by atoms with E-state index in [1.165, 1.54) is 4.90 Å². The van der Waals surface area contributed by atoms with Crippen molar-refractivity contribution < 1.29 is 9.59 Å². The van der Waals surface area contributed by atoms with Gasteiger partial charge in [-0.1, -0.05) is 13.8 Å². The molecule has 0 bridgehead atoms. The molecule has 3 amide bonds. The predicted octanol–water partition coefficient (Wildman–Crippen LogP) is 0.247. The van der Waals surface area contributed by atoms with E-state index in [1.54, 1.807) is 14.1 Å². The van der Waals surface area contributed by atoms with Gasteiger partial charge in [-0.05, 0) is 12.8 Å². The third kappa shape index (κ3) is 5.06. The summed E-state index contributed by atoms with van der Waals surface area (Å²) >= 11 is 0. The molecule has 19 heavy (non-hydrogen) atoms. The fraction of sp³-hybridized carbons (Fsp3) is 0.846. The number of likely N-dealkylation sites (tertiary alicyclic amines) is 1. The molecule has 2 N–H and O–H groups in total. The van der Waals surface area contributed by atoms with Crippen molar-refractivity contribution in [3.63, 3.8) is 0 Å². The molecule has 1 rings (SSSR count). The second-order valence-electron chi connectivity index (χ2n) is 5.47. The Hall–Kier alpha value is -1.30. The molecule has 1 saturated heterocycles. The molecule has 1 atom stereocenters. The zero-order valence-corrected chi connectivity index (χ0v) is 12.4. The number of rotatable bonds is 5. The van der Waals surface area contributed by atoms with Gasteiger partial charge in [0.05, 0.1) is 6.04 Å². The lowest BCUT2D eigenvalue weighted by molar-refractivity contribution is -0.136. The summed E-state index contributed by atoms with van der Waals surface area (Å²) in [5, 5.41) is 6.07. The van der Waals surface area contributed by atoms with Gasteiger partial charge in [0.25, 0.3) is 0 Å². The van der Waals surface area contributed by atoms with Gasteiger partial charge >= 0.3 is 6.03 Å². The minimum absolute atomic E-state index is 0.0710. The summed E-state index contributed by atoms with van der Waals surface area (Å²) in [5.41, 5.74) is 0. The Bertz CT molecular complexity index is 318. The second-order valence-corrected chi connectivity index (χ2v) is 5.47. The predicted molar refractivity (Wildman–Crippen MR) is 75.0 cm³/mol. The van der Waals surface area contributed by atoms with Crippen LogP contribution in [-0.2, 0) is 4.79 Å². The third-order valence-electron chi connectivity index (χ3n) is 3.13. The molecule has 1 fully saturated rings. The van der Waals surface area contributed by atoms with Gasteiger partial charge in [0, 0.05) is 39.8 Å². The quantitative estimate of drug-likeness (QED) is 0.752. The van der Waals surface area contributed by atoms with Crippen LogP contribution in [0.25, 0.3) is 0 Å². The van der Waals surface area contributed by atoms with Crippen LogP contribution in [-0.4, -0.2) is 67.6 Å². The normalized spacial score (nSPS) is 19.7. The molecule has 0 aliphatic carbocycles. The van der Waals surface area contributed by atoms with Crippen LogP contribution in [0.2, 0.25) is 0 Å². The van der Waals surface area contributed by atoms with Crippen LogP contribution in [0, 0.1) is 0 Å². The van der Waals surface area contributed by atoms with E-state index in [1.807, 2.05) is 18.7 Å². The maximum atomic E-state index is 12.2. The molecular formula is C13H26N4O2. The summed E-state index contributed by atoms with van der Waals surface area (Å²) in [6.45, 7) is 5.95. The highest BCUT2D eigenvalue weighted by Crippen LogP contribution is 2.11. The van der Waals surface area contributed by atoms with Crippen LogP contribution in [0.3, 0.4) is 0 Å². The number of piperidine rings is 1. The lowest BCUT2D eigenvalue weighted by Crippen LogP contribution is -2.53. The average Bonchev–Trinajstić information content (AvgIpc) is 2.32. The number of nitrogens with zero attached hydrogens (tertiary/aromatic N) is 2. The highest BCUT2D eigenvalue weighted by Gasteiger charge is 2.28. The van der Waals surface area contributed by atoms with Gasteiger partial charge in [-0.2, -0.15) is 0 Å². The first kappa shape index (κ1) is 15.8. The summed E-state index contributed by atoms with van der Waals surface area (Å²) in [7, 11) is 3.40. The van der Waals surface area contributed by atoms with E-state index >= 15 is 0 Å². The van der Waals surface area contributed by atoms with E-state index in [9.17, 15) is 9.59 Å². The fourth-order valence-corrected chi connectivity index (χ4v) is 2.18. The molecule has 0 saturated carbocycles. The number of hydrogen-bond donors (Lipinski definition) is 2. The van der Waals surface area contributed by atoms with Gasteiger partial charge < -0.3 is 20.4 Å². The van der Waals surface area contributed by atoms with Crippen molar-refractivity contribution in [2.24, 2.45) is 0 Å². The van der Waals surface area contributed by atoms with E-state index in [4.69, 9.17) is 0 Å². The molecule has 0 aromatic heterocycles. The molecule has 1 heterocycles. The second kappa shape index (κ2) is 7.33. The SMILES string of the molecule is CC(C)NC1CCCN(CCNC(=O)N(C)C)C1=O. The lowest BCUT2D eigenvalue weighted by Gasteiger charge is -2.33. The van der Waals surface area contributed by atoms with Crippen LogP contribution in [0.5, 0.6) is 0 Å². The van der Waals surface area contributed by atoms with Crippen molar-refractivity contribution >= 4 is 11.9 Å². The molecule has 6 heteroatoms. The Morgan fingerprint density at radius 1 is 1.47 bits per heavy atom. The molecule has 0 radical (unpaired) electrons. The number of urea groups is 1. The van der Waals surface area contributed by atoms with Gasteiger partial charge in [-0.25, -0.2) is 4.79 Å². The number of carbonyl (C=O) groups is 2. The van der Waals surface area contributed by atoms with Crippen molar-refractivity contribution in [1.29, 1.82) is 0 Å². The number of carbonyl (C=O) groups excluding carboxylic acids is 2. The fourth-order valence-electron chi connectivity index (χ4n) is 2.18. The maximum absolute atomic E-state index is 12.2. The Kier molecular flexibility index (Phi) is 6.08. The summed E-state index contributed by atoms with van der Waals surface area (Å²) < 4.78 is 0. The van der Waals surface area contributed by atoms with E-state index in [-0.39, 0.29) is 18.0 Å². The van der Waals surface area contributed by atoms with Crippen molar-refractivity contribution in [3.05, 3.63) is 0 Å². The minimum Gasteiger partial charge on any atom is -0.340 e. The van der Waals surface area contributed by atoms with Gasteiger partial charge in [-0.15, -0.1) is 0 Å². The summed E-state index contributed by atoms with van der Waals surface area (Å²) in [4.78, 5) is 26.9. The van der Waals surface area contributed by atoms with Crippen molar-refractivity contribution in [1.82, 2.24) is 20.4 Å². The van der Waals surface area contributed by atoms with Gasteiger partial charge in [0.15, 0.2) is 0 Å². The van der Waals surface area contributed by atoms with Crippen molar-refractivity contribution in [2.75, 3.05) is 33.7 Å². The summed E-state index contributed by atoms with van der Waals surface area (Å²) in [6, 6.07) is 0.113. The van der Waals surface area contributed by atoms with Crippen molar-refractivity contribution in [2.45, 2.75) is 38.8 Å². The Morgan fingerprint density at radius 2 is 2.16 bits per heavy atom. The number of nitrogens with one attached hydrogen (secondary N) is 2. The molecule has 1 aliphatic rings. The van der Waals surface area contributed by atoms with Crippen LogP contribution in [0.4, 0.5) is 4.79 Å². The van der Waals surface area contributed by atoms with Crippen molar-refractivity contribution in [3.8, 4) is 0 Å². The van der Waals surface area contributed by atoms with E-state index in [2.05, 4.69) is 10.6 Å². The number of amides is 3. The average molecular weight is 270 g/mol. The maximum Gasteiger partial charge on any atom is 0.316 e. The third-order valence-corrected chi connectivity index (χ3v) is 3.13. The summed E-state index contributed by atoms with van der Waals surface area (Å²) in [5.74, 6) is 0.152. The first-order valence-electron chi connectivity index (χ1n) is 6.91. The largest absolute Gasteiger partial charge is 0.340 e. The van der Waals surface area contributed by atoms with E-state index in [0.29, 0.717) is 19.1 Å².